The van der Waals surface area contributed by atoms with E-state index in [4.69, 9.17) is 9.84 Å². The molecule has 0 aliphatic carbocycles. The fourth-order valence-electron chi connectivity index (χ4n) is 2.50. The second kappa shape index (κ2) is 7.95. The summed E-state index contributed by atoms with van der Waals surface area (Å²) in [6, 6.07) is 11.4. The van der Waals surface area contributed by atoms with Gasteiger partial charge in [-0.2, -0.15) is 0 Å². The molecular formula is C19H23NO4. The summed E-state index contributed by atoms with van der Waals surface area (Å²) < 4.78 is 5.33. The normalized spacial score (nSPS) is 11.9. The first-order valence-electron chi connectivity index (χ1n) is 7.79. The Kier molecular flexibility index (Phi) is 5.95. The monoisotopic (exact) mass is 329 g/mol. The van der Waals surface area contributed by atoms with Crippen LogP contribution in [-0.4, -0.2) is 42.5 Å². The Morgan fingerprint density at radius 2 is 1.83 bits per heavy atom. The lowest BCUT2D eigenvalue weighted by molar-refractivity contribution is 0.0802. The molecule has 0 heterocycles. The van der Waals surface area contributed by atoms with E-state index in [9.17, 15) is 9.90 Å². The van der Waals surface area contributed by atoms with Gasteiger partial charge in [-0.1, -0.05) is 12.1 Å². The van der Waals surface area contributed by atoms with Crippen LogP contribution in [0.15, 0.2) is 36.4 Å². The quantitative estimate of drug-likeness (QED) is 0.758. The van der Waals surface area contributed by atoms with Gasteiger partial charge in [0, 0.05) is 12.1 Å². The van der Waals surface area contributed by atoms with Crippen molar-refractivity contribution < 1.29 is 19.7 Å². The molecule has 1 unspecified atom stereocenters. The molecule has 0 saturated heterocycles. The average molecular weight is 329 g/mol. The van der Waals surface area contributed by atoms with E-state index in [1.54, 1.807) is 19.2 Å². The molecule has 0 saturated carbocycles. The third kappa shape index (κ3) is 4.13. The summed E-state index contributed by atoms with van der Waals surface area (Å²) in [6.45, 7) is 3.66. The van der Waals surface area contributed by atoms with Crippen LogP contribution in [0.5, 0.6) is 5.75 Å². The Morgan fingerprint density at radius 3 is 2.42 bits per heavy atom. The Labute approximate surface area is 141 Å². The number of hydrogen-bond acceptors (Lipinski definition) is 4. The summed E-state index contributed by atoms with van der Waals surface area (Å²) in [5.74, 6) is 0.575. The van der Waals surface area contributed by atoms with Gasteiger partial charge < -0.3 is 20.3 Å². The summed E-state index contributed by atoms with van der Waals surface area (Å²) in [5.41, 5.74) is 4.77. The van der Waals surface area contributed by atoms with Crippen molar-refractivity contribution in [1.82, 2.24) is 5.32 Å². The van der Waals surface area contributed by atoms with Crippen molar-refractivity contribution in [2.45, 2.75) is 20.0 Å². The molecule has 128 valence electrons. The number of aliphatic hydroxyl groups is 2. The van der Waals surface area contributed by atoms with Gasteiger partial charge in [-0.05, 0) is 60.4 Å². The van der Waals surface area contributed by atoms with Crippen LogP contribution in [0, 0.1) is 13.8 Å². The molecule has 0 fully saturated rings. The molecule has 3 N–H and O–H groups in total. The van der Waals surface area contributed by atoms with Gasteiger partial charge in [-0.15, -0.1) is 0 Å². The Bertz CT molecular complexity index is 710. The molecule has 0 bridgehead atoms. The number of carbonyl (C=O) groups is 1. The topological polar surface area (TPSA) is 78.8 Å². The number of ether oxygens (including phenoxy) is 1. The molecule has 5 heteroatoms. The molecule has 0 aromatic heterocycles. The van der Waals surface area contributed by atoms with Gasteiger partial charge in [0.1, 0.15) is 5.75 Å². The van der Waals surface area contributed by atoms with Crippen LogP contribution in [-0.2, 0) is 0 Å². The zero-order chi connectivity index (χ0) is 17.7. The van der Waals surface area contributed by atoms with Gasteiger partial charge in [0.05, 0.1) is 19.8 Å². The number of aryl methyl sites for hydroxylation is 2. The zero-order valence-corrected chi connectivity index (χ0v) is 14.2. The Balaban J connectivity index is 2.18. The molecular weight excluding hydrogens is 306 g/mol. The molecule has 2 aromatic carbocycles. The summed E-state index contributed by atoms with van der Waals surface area (Å²) in [7, 11) is 1.66. The first kappa shape index (κ1) is 18.0. The fourth-order valence-corrected chi connectivity index (χ4v) is 2.50. The molecule has 1 atom stereocenters. The smallest absolute Gasteiger partial charge is 0.251 e. The van der Waals surface area contributed by atoms with Crippen LogP contribution in [0.2, 0.25) is 0 Å². The van der Waals surface area contributed by atoms with Gasteiger partial charge in [0.25, 0.3) is 5.91 Å². The highest BCUT2D eigenvalue weighted by Gasteiger charge is 2.10. The lowest BCUT2D eigenvalue weighted by atomic mass is 9.97. The minimum Gasteiger partial charge on any atom is -0.496 e. The first-order chi connectivity index (χ1) is 11.5. The Hall–Kier alpha value is -2.37. The van der Waals surface area contributed by atoms with Crippen molar-refractivity contribution in [3.05, 3.63) is 53.1 Å². The van der Waals surface area contributed by atoms with Crippen LogP contribution in [0.3, 0.4) is 0 Å². The van der Waals surface area contributed by atoms with Gasteiger partial charge >= 0.3 is 0 Å². The summed E-state index contributed by atoms with van der Waals surface area (Å²) in [6.07, 6.45) is -0.946. The third-order valence-corrected chi connectivity index (χ3v) is 3.91. The second-order valence-corrected chi connectivity index (χ2v) is 5.76. The average Bonchev–Trinajstić information content (AvgIpc) is 2.61. The lowest BCUT2D eigenvalue weighted by Gasteiger charge is -2.12. The number of aliphatic hydroxyl groups excluding tert-OH is 2. The summed E-state index contributed by atoms with van der Waals surface area (Å²) in [4.78, 5) is 12.0. The number of benzene rings is 2. The Morgan fingerprint density at radius 1 is 1.17 bits per heavy atom. The highest BCUT2D eigenvalue weighted by atomic mass is 16.5. The molecule has 0 spiro atoms. The van der Waals surface area contributed by atoms with E-state index in [0.29, 0.717) is 5.56 Å². The van der Waals surface area contributed by atoms with Gasteiger partial charge in [-0.25, -0.2) is 0 Å². The number of amides is 1. The van der Waals surface area contributed by atoms with Gasteiger partial charge in [-0.3, -0.25) is 4.79 Å². The molecule has 0 aliphatic heterocycles. The fraction of sp³-hybridized carbons (Fsp3) is 0.316. The van der Waals surface area contributed by atoms with Crippen LogP contribution in [0.1, 0.15) is 21.5 Å². The van der Waals surface area contributed by atoms with Crippen LogP contribution in [0.25, 0.3) is 11.1 Å². The SMILES string of the molecule is COc1cc(C)c(-c2ccc(C(=O)NCC(O)CO)cc2)cc1C. The number of nitrogens with one attached hydrogen (secondary N) is 1. The van der Waals surface area contributed by atoms with Crippen LogP contribution >= 0.6 is 0 Å². The van der Waals surface area contributed by atoms with Crippen LogP contribution in [0.4, 0.5) is 0 Å². The van der Waals surface area contributed by atoms with E-state index in [0.717, 1.165) is 28.0 Å². The molecule has 24 heavy (non-hydrogen) atoms. The molecule has 2 aromatic rings. The summed E-state index contributed by atoms with van der Waals surface area (Å²) >= 11 is 0. The number of hydrogen-bond donors (Lipinski definition) is 3. The number of rotatable bonds is 6. The largest absolute Gasteiger partial charge is 0.496 e. The predicted molar refractivity (Wildman–Crippen MR) is 93.3 cm³/mol. The van der Waals surface area contributed by atoms with E-state index in [1.165, 1.54) is 0 Å². The van der Waals surface area contributed by atoms with Crippen molar-refractivity contribution in [2.24, 2.45) is 0 Å². The third-order valence-electron chi connectivity index (χ3n) is 3.91. The van der Waals surface area contributed by atoms with Crippen molar-refractivity contribution in [1.29, 1.82) is 0 Å². The van der Waals surface area contributed by atoms with Gasteiger partial charge in [0.15, 0.2) is 0 Å². The zero-order valence-electron chi connectivity index (χ0n) is 14.2. The maximum absolute atomic E-state index is 12.0. The van der Waals surface area contributed by atoms with Crippen LogP contribution < -0.4 is 10.1 Å². The minimum absolute atomic E-state index is 0.0217. The summed E-state index contributed by atoms with van der Waals surface area (Å²) in [5, 5.41) is 20.6. The highest BCUT2D eigenvalue weighted by molar-refractivity contribution is 5.94. The van der Waals surface area contributed by atoms with E-state index in [-0.39, 0.29) is 19.1 Å². The van der Waals surface area contributed by atoms with Crippen molar-refractivity contribution >= 4 is 5.91 Å². The van der Waals surface area contributed by atoms with Crippen molar-refractivity contribution in [3.63, 3.8) is 0 Å². The molecule has 5 nitrogen and oxygen atoms in total. The van der Waals surface area contributed by atoms with Crippen molar-refractivity contribution in [3.8, 4) is 16.9 Å². The van der Waals surface area contributed by atoms with E-state index in [2.05, 4.69) is 11.4 Å². The maximum Gasteiger partial charge on any atom is 0.251 e. The van der Waals surface area contributed by atoms with E-state index in [1.807, 2.05) is 32.0 Å². The number of carbonyl (C=O) groups excluding carboxylic acids is 1. The van der Waals surface area contributed by atoms with Gasteiger partial charge in [0.2, 0.25) is 0 Å². The van der Waals surface area contributed by atoms with E-state index >= 15 is 0 Å². The molecule has 2 rings (SSSR count). The molecule has 0 radical (unpaired) electrons. The maximum atomic E-state index is 12.0. The number of methoxy groups -OCH3 is 1. The molecule has 1 amide bonds. The van der Waals surface area contributed by atoms with Crippen molar-refractivity contribution in [2.75, 3.05) is 20.3 Å². The van der Waals surface area contributed by atoms with E-state index < -0.39 is 6.10 Å². The minimum atomic E-state index is -0.946. The first-order valence-corrected chi connectivity index (χ1v) is 7.79. The predicted octanol–water partition coefficient (Wildman–Crippen LogP) is 2.06. The standard InChI is InChI=1S/C19H23NO4/c1-12-9-18(24-3)13(2)8-17(12)14-4-6-15(7-5-14)19(23)20-10-16(22)11-21/h4-9,16,21-22H,10-11H2,1-3H3,(H,20,23). The lowest BCUT2D eigenvalue weighted by Crippen LogP contribution is -2.33. The second-order valence-electron chi connectivity index (χ2n) is 5.76. The highest BCUT2D eigenvalue weighted by Crippen LogP contribution is 2.30. The molecule has 0 aliphatic rings.